The summed E-state index contributed by atoms with van der Waals surface area (Å²) in [6, 6.07) is 6.96. The predicted octanol–water partition coefficient (Wildman–Crippen LogP) is 15.4. The van der Waals surface area contributed by atoms with Crippen molar-refractivity contribution in [2.75, 3.05) is 6.61 Å². The summed E-state index contributed by atoms with van der Waals surface area (Å²) in [5.41, 5.74) is 1.43. The molecule has 0 spiro atoms. The minimum Gasteiger partial charge on any atom is -0.416 e. The van der Waals surface area contributed by atoms with Crippen LogP contribution < -0.4 is 0 Å². The largest absolute Gasteiger partial charge is 0.416 e. The molecule has 320 valence electrons. The Balaban J connectivity index is 7.00. The lowest BCUT2D eigenvalue weighted by Crippen LogP contribution is -2.52. The molecule has 54 heavy (non-hydrogen) atoms. The Hall–Kier alpha value is -0.0725. The van der Waals surface area contributed by atoms with E-state index < -0.39 is 33.3 Å². The van der Waals surface area contributed by atoms with Crippen LogP contribution in [-0.2, 0) is 17.7 Å². The Kier molecular flexibility index (Phi) is 22.9. The maximum Gasteiger partial charge on any atom is 0.192 e. The van der Waals surface area contributed by atoms with E-state index in [0.29, 0.717) is 11.8 Å². The van der Waals surface area contributed by atoms with E-state index in [1.165, 1.54) is 23.7 Å². The predicted molar refractivity (Wildman–Crippen MR) is 253 cm³/mol. The molecule has 0 bridgehead atoms. The van der Waals surface area contributed by atoms with Gasteiger partial charge in [0.05, 0.1) is 18.3 Å². The van der Waals surface area contributed by atoms with Crippen LogP contribution in [0.15, 0.2) is 36.5 Å². The van der Waals surface area contributed by atoms with E-state index in [1.807, 2.05) is 6.08 Å². The Morgan fingerprint density at radius 1 is 0.593 bits per heavy atom. The molecule has 0 aliphatic carbocycles. The van der Waals surface area contributed by atoms with Crippen molar-refractivity contribution < 1.29 is 17.7 Å². The molecule has 0 amide bonds. The molecule has 8 atom stereocenters. The fourth-order valence-electron chi connectivity index (χ4n) is 7.74. The smallest absolute Gasteiger partial charge is 0.192 e. The van der Waals surface area contributed by atoms with Gasteiger partial charge in [0.1, 0.15) is 0 Å². The van der Waals surface area contributed by atoms with Crippen LogP contribution in [0.4, 0.5) is 0 Å². The zero-order valence-corrected chi connectivity index (χ0v) is 44.4. The fraction of sp³-hybridized carbons (Fsp3) is 0.870. The number of hydrogen-bond acceptors (Lipinski definition) is 4. The van der Waals surface area contributed by atoms with Gasteiger partial charge in [0.2, 0.25) is 0 Å². The highest BCUT2D eigenvalue weighted by Crippen LogP contribution is 2.43. The highest BCUT2D eigenvalue weighted by molar-refractivity contribution is 6.75. The standard InChI is InChI=1S/C46H96O4Si4/c1-24-31-32-37(9)43(50-54(28-5,29-6)30-7)41(13)44(49-52(22,23)46(17,18)19)39(11)34-36(8)33-38(10)42(48-51(20,21)45(14,15)16)40(12)35-47-53(25-2,26-3)27-4/h24,31-33,37-44H,1,25-30,34-35H2,2-23H3/b32-31+,36-33+/t37-,38-,39-,40-,41+,42+,43-,44+/m0/s1. The van der Waals surface area contributed by atoms with Crippen LogP contribution in [0.2, 0.25) is 72.5 Å². The van der Waals surface area contributed by atoms with Crippen molar-refractivity contribution in [1.82, 2.24) is 0 Å². The minimum atomic E-state index is -2.10. The molecule has 0 heterocycles. The molecule has 8 heteroatoms. The van der Waals surface area contributed by atoms with Crippen LogP contribution in [0, 0.1) is 29.6 Å². The maximum atomic E-state index is 7.54. The molecule has 0 aliphatic heterocycles. The van der Waals surface area contributed by atoms with Gasteiger partial charge in [-0.2, -0.15) is 0 Å². The van der Waals surface area contributed by atoms with E-state index in [-0.39, 0.29) is 46.1 Å². The lowest BCUT2D eigenvalue weighted by Gasteiger charge is -2.47. The van der Waals surface area contributed by atoms with Gasteiger partial charge in [-0.15, -0.1) is 0 Å². The summed E-state index contributed by atoms with van der Waals surface area (Å²) in [7, 11) is -7.72. The zero-order chi connectivity index (χ0) is 42.5. The summed E-state index contributed by atoms with van der Waals surface area (Å²) >= 11 is 0. The second kappa shape index (κ2) is 22.9. The van der Waals surface area contributed by atoms with Gasteiger partial charge >= 0.3 is 0 Å². The average Bonchev–Trinajstić information content (AvgIpc) is 3.08. The third kappa shape index (κ3) is 15.6. The van der Waals surface area contributed by atoms with Gasteiger partial charge in [0.25, 0.3) is 0 Å². The summed E-state index contributed by atoms with van der Waals surface area (Å²) < 4.78 is 29.3. The van der Waals surface area contributed by atoms with Crippen LogP contribution in [0.1, 0.15) is 131 Å². The summed E-state index contributed by atoms with van der Waals surface area (Å²) in [5.74, 6) is 1.40. The van der Waals surface area contributed by atoms with Crippen molar-refractivity contribution in [3.05, 3.63) is 36.5 Å². The van der Waals surface area contributed by atoms with Gasteiger partial charge in [-0.25, -0.2) is 0 Å². The average molecular weight is 826 g/mol. The van der Waals surface area contributed by atoms with Crippen molar-refractivity contribution in [3.63, 3.8) is 0 Å². The normalized spacial score (nSPS) is 19.0. The molecule has 0 saturated carbocycles. The molecule has 0 aromatic heterocycles. The van der Waals surface area contributed by atoms with Crippen molar-refractivity contribution in [1.29, 1.82) is 0 Å². The summed E-state index contributed by atoms with van der Waals surface area (Å²) in [5, 5.41) is 0.256. The summed E-state index contributed by atoms with van der Waals surface area (Å²) in [6.07, 6.45) is 10.1. The molecular weight excluding hydrogens is 729 g/mol. The SMILES string of the molecule is C=C/C=C/[C@H](C)[C@H](O[Si](CC)(CC)CC)[C@@H](C)[C@H](O[Si](C)(C)C(C)(C)C)[C@@H](C)C/C(C)=C/[C@H](C)[C@@H](O[Si](C)(C)C(C)(C)C)[C@@H](C)CO[Si](CC)(CC)CC. The Bertz CT molecular complexity index is 1110. The summed E-state index contributed by atoms with van der Waals surface area (Å²) in [6.45, 7) is 56.9. The molecule has 0 aliphatic rings. The quantitative estimate of drug-likeness (QED) is 0.0495. The monoisotopic (exact) mass is 825 g/mol. The summed E-state index contributed by atoms with van der Waals surface area (Å²) in [4.78, 5) is 0. The highest BCUT2D eigenvalue weighted by Gasteiger charge is 2.46. The van der Waals surface area contributed by atoms with E-state index in [4.69, 9.17) is 17.7 Å². The van der Waals surface area contributed by atoms with Gasteiger partial charge in [-0.3, -0.25) is 0 Å². The first-order valence-corrected chi connectivity index (χ1v) is 33.1. The van der Waals surface area contributed by atoms with Crippen molar-refractivity contribution in [2.24, 2.45) is 29.6 Å². The van der Waals surface area contributed by atoms with E-state index in [0.717, 1.165) is 31.2 Å². The van der Waals surface area contributed by atoms with E-state index in [2.05, 4.69) is 176 Å². The third-order valence-electron chi connectivity index (χ3n) is 14.3. The lowest BCUT2D eigenvalue weighted by molar-refractivity contribution is -0.00627. The Morgan fingerprint density at radius 3 is 1.41 bits per heavy atom. The molecule has 0 saturated heterocycles. The van der Waals surface area contributed by atoms with Crippen LogP contribution >= 0.6 is 0 Å². The minimum absolute atomic E-state index is 0.0770. The molecule has 0 aromatic carbocycles. The fourth-order valence-corrected chi connectivity index (χ4v) is 16.4. The second-order valence-corrected chi connectivity index (χ2v) is 39.4. The number of rotatable bonds is 26. The maximum absolute atomic E-state index is 7.54. The van der Waals surface area contributed by atoms with Gasteiger partial charge in [0.15, 0.2) is 33.3 Å². The van der Waals surface area contributed by atoms with Crippen molar-refractivity contribution >= 4 is 33.3 Å². The molecule has 0 N–H and O–H groups in total. The molecule has 0 fully saturated rings. The van der Waals surface area contributed by atoms with Crippen molar-refractivity contribution in [2.45, 2.75) is 222 Å². The van der Waals surface area contributed by atoms with Gasteiger partial charge in [0, 0.05) is 18.4 Å². The van der Waals surface area contributed by atoms with E-state index >= 15 is 0 Å². The van der Waals surface area contributed by atoms with E-state index in [9.17, 15) is 0 Å². The first kappa shape index (κ1) is 53.9. The highest BCUT2D eigenvalue weighted by atomic mass is 28.4. The van der Waals surface area contributed by atoms with Gasteiger partial charge < -0.3 is 17.7 Å². The van der Waals surface area contributed by atoms with Gasteiger partial charge in [-0.1, -0.05) is 154 Å². The van der Waals surface area contributed by atoms with Crippen LogP contribution in [0.5, 0.6) is 0 Å². The van der Waals surface area contributed by atoms with Crippen molar-refractivity contribution in [3.8, 4) is 0 Å². The first-order valence-electron chi connectivity index (χ1n) is 22.3. The molecule has 0 rings (SSSR count). The molecular formula is C46H96O4Si4. The Labute approximate surface area is 344 Å². The molecule has 0 radical (unpaired) electrons. The number of allylic oxidation sites excluding steroid dienone is 3. The zero-order valence-electron chi connectivity index (χ0n) is 40.4. The van der Waals surface area contributed by atoms with Gasteiger partial charge in [-0.05, 0) is 104 Å². The third-order valence-corrected chi connectivity index (χ3v) is 32.5. The Morgan fingerprint density at radius 2 is 1.02 bits per heavy atom. The number of hydrogen-bond donors (Lipinski definition) is 0. The topological polar surface area (TPSA) is 36.9 Å². The first-order chi connectivity index (χ1) is 24.6. The molecule has 0 unspecified atom stereocenters. The lowest BCUT2D eigenvalue weighted by atomic mass is 9.81. The molecule has 0 aromatic rings. The van der Waals surface area contributed by atoms with Crippen LogP contribution in [0.3, 0.4) is 0 Å². The second-order valence-electron chi connectivity index (χ2n) is 20.4. The van der Waals surface area contributed by atoms with E-state index in [1.54, 1.807) is 0 Å². The van der Waals surface area contributed by atoms with Crippen LogP contribution in [0.25, 0.3) is 0 Å². The molecule has 4 nitrogen and oxygen atoms in total. The van der Waals surface area contributed by atoms with Crippen LogP contribution in [-0.4, -0.2) is 58.2 Å².